The second-order valence-corrected chi connectivity index (χ2v) is 7.64. The number of hydrogen-bond donors (Lipinski definition) is 2. The Morgan fingerprint density at radius 2 is 2.07 bits per heavy atom. The molecule has 5 rings (SSSR count). The predicted molar refractivity (Wildman–Crippen MR) is 104 cm³/mol. The number of pyridine rings is 1. The van der Waals surface area contributed by atoms with E-state index in [1.165, 1.54) is 0 Å². The second-order valence-electron chi connectivity index (χ2n) is 7.64. The second kappa shape index (κ2) is 6.63. The first-order valence-electron chi connectivity index (χ1n) is 9.50. The van der Waals surface area contributed by atoms with Gasteiger partial charge in [-0.2, -0.15) is 0 Å². The highest BCUT2D eigenvalue weighted by atomic mass is 19.1. The van der Waals surface area contributed by atoms with Crippen molar-refractivity contribution >= 4 is 16.7 Å². The van der Waals surface area contributed by atoms with Gasteiger partial charge in [-0.1, -0.05) is 0 Å². The van der Waals surface area contributed by atoms with Crippen LogP contribution in [0.15, 0.2) is 36.8 Å². The van der Waals surface area contributed by atoms with Crippen LogP contribution >= 0.6 is 0 Å². The Balaban J connectivity index is 1.42. The zero-order valence-electron chi connectivity index (χ0n) is 15.5. The first-order chi connectivity index (χ1) is 13.6. The zero-order chi connectivity index (χ0) is 19.3. The van der Waals surface area contributed by atoms with Gasteiger partial charge in [0.2, 0.25) is 5.95 Å². The van der Waals surface area contributed by atoms with Crippen LogP contribution < -0.4 is 10.2 Å². The number of alkyl halides is 1. The lowest BCUT2D eigenvalue weighted by molar-refractivity contribution is 0.175. The van der Waals surface area contributed by atoms with Crippen LogP contribution in [0.1, 0.15) is 19.3 Å². The molecule has 2 bridgehead atoms. The van der Waals surface area contributed by atoms with Crippen LogP contribution in [0.4, 0.5) is 10.3 Å². The van der Waals surface area contributed by atoms with E-state index in [1.54, 1.807) is 29.6 Å². The van der Waals surface area contributed by atoms with Crippen LogP contribution in [0.25, 0.3) is 22.0 Å². The molecule has 0 spiro atoms. The third kappa shape index (κ3) is 2.84. The first kappa shape index (κ1) is 17.2. The molecule has 3 aromatic rings. The molecule has 2 saturated heterocycles. The molecule has 28 heavy (non-hydrogen) atoms. The van der Waals surface area contributed by atoms with Gasteiger partial charge in [-0.25, -0.2) is 9.37 Å². The molecule has 0 aliphatic carbocycles. The van der Waals surface area contributed by atoms with Crippen LogP contribution in [0, 0.1) is 0 Å². The summed E-state index contributed by atoms with van der Waals surface area (Å²) in [5, 5.41) is 23.9. The van der Waals surface area contributed by atoms with Crippen molar-refractivity contribution in [3.63, 3.8) is 0 Å². The number of phenols is 1. The van der Waals surface area contributed by atoms with Gasteiger partial charge in [0.1, 0.15) is 17.6 Å². The van der Waals surface area contributed by atoms with E-state index in [2.05, 4.69) is 25.5 Å². The third-order valence-corrected chi connectivity index (χ3v) is 5.95. The third-order valence-electron chi connectivity index (χ3n) is 5.95. The molecule has 2 fully saturated rings. The molecule has 4 atom stereocenters. The summed E-state index contributed by atoms with van der Waals surface area (Å²) in [6, 6.07) is 5.38. The van der Waals surface area contributed by atoms with E-state index in [-0.39, 0.29) is 17.8 Å². The summed E-state index contributed by atoms with van der Waals surface area (Å²) in [6.07, 6.45) is 6.65. The van der Waals surface area contributed by atoms with Crippen LogP contribution in [0.2, 0.25) is 0 Å². The Morgan fingerprint density at radius 3 is 2.89 bits per heavy atom. The zero-order valence-corrected chi connectivity index (χ0v) is 15.5. The Labute approximate surface area is 161 Å². The number of hydrogen-bond acceptors (Lipinski definition) is 7. The van der Waals surface area contributed by atoms with Crippen molar-refractivity contribution in [3.8, 4) is 17.0 Å². The number of rotatable bonds is 3. The molecule has 2 aliphatic rings. The Hall–Kier alpha value is -2.87. The fourth-order valence-electron chi connectivity index (χ4n) is 4.38. The maximum absolute atomic E-state index is 14.8. The van der Waals surface area contributed by atoms with Crippen LogP contribution in [0.5, 0.6) is 5.75 Å². The van der Waals surface area contributed by atoms with Crippen molar-refractivity contribution in [1.82, 2.24) is 25.5 Å². The van der Waals surface area contributed by atoms with E-state index in [1.807, 2.05) is 19.2 Å². The number of anilines is 1. The highest BCUT2D eigenvalue weighted by molar-refractivity contribution is 5.89. The minimum atomic E-state index is -0.954. The summed E-state index contributed by atoms with van der Waals surface area (Å²) in [5.41, 5.74) is 1.02. The standard InChI is InChI=1S/C20H21FN6O/c1-27(17-8-13-2-3-15(24-13)19(17)21)20-23-10-16(25-26-20)14-6-11-4-5-22-9-12(11)7-18(14)28/h4-7,9-10,13,15,17,19,24,28H,2-3,8H2,1H3/t13-,15+,17-,19-/m0/s1. The fraction of sp³-hybridized carbons (Fsp3) is 0.400. The number of fused-ring (bicyclic) bond motifs is 3. The number of piperidine rings is 1. The molecule has 2 aliphatic heterocycles. The summed E-state index contributed by atoms with van der Waals surface area (Å²) < 4.78 is 14.8. The Morgan fingerprint density at radius 1 is 1.18 bits per heavy atom. The van der Waals surface area contributed by atoms with Gasteiger partial charge in [0.05, 0.1) is 12.2 Å². The molecular formula is C20H21FN6O. The predicted octanol–water partition coefficient (Wildman–Crippen LogP) is 2.46. The van der Waals surface area contributed by atoms with Gasteiger partial charge in [0.25, 0.3) is 0 Å². The topological polar surface area (TPSA) is 87.1 Å². The van der Waals surface area contributed by atoms with Crippen LogP contribution in [-0.2, 0) is 0 Å². The number of nitrogens with one attached hydrogen (secondary N) is 1. The molecule has 0 unspecified atom stereocenters. The van der Waals surface area contributed by atoms with Crippen molar-refractivity contribution in [3.05, 3.63) is 36.8 Å². The average molecular weight is 380 g/mol. The maximum atomic E-state index is 14.8. The van der Waals surface area contributed by atoms with E-state index in [4.69, 9.17) is 0 Å². The molecule has 144 valence electrons. The average Bonchev–Trinajstić information content (AvgIpc) is 3.13. The lowest BCUT2D eigenvalue weighted by Crippen LogP contribution is -2.55. The van der Waals surface area contributed by atoms with Gasteiger partial charge < -0.3 is 15.3 Å². The smallest absolute Gasteiger partial charge is 0.245 e. The Bertz CT molecular complexity index is 1010. The number of phenolic OH excluding ortho intramolecular Hbond substituents is 1. The van der Waals surface area contributed by atoms with Gasteiger partial charge in [-0.3, -0.25) is 4.98 Å². The monoisotopic (exact) mass is 380 g/mol. The number of benzene rings is 1. The molecule has 1 aromatic carbocycles. The number of halogens is 1. The van der Waals surface area contributed by atoms with Gasteiger partial charge >= 0.3 is 0 Å². The molecule has 0 saturated carbocycles. The summed E-state index contributed by atoms with van der Waals surface area (Å²) in [5.74, 6) is 0.485. The largest absolute Gasteiger partial charge is 0.507 e. The summed E-state index contributed by atoms with van der Waals surface area (Å²) in [6.45, 7) is 0. The van der Waals surface area contributed by atoms with Crippen molar-refractivity contribution in [2.45, 2.75) is 43.6 Å². The molecule has 2 N–H and O–H groups in total. The van der Waals surface area contributed by atoms with E-state index < -0.39 is 6.17 Å². The molecular weight excluding hydrogens is 359 g/mol. The normalized spacial score (nSPS) is 26.5. The lowest BCUT2D eigenvalue weighted by Gasteiger charge is -2.38. The summed E-state index contributed by atoms with van der Waals surface area (Å²) in [4.78, 5) is 10.3. The van der Waals surface area contributed by atoms with Gasteiger partial charge in [-0.05, 0) is 42.8 Å². The molecule has 8 heteroatoms. The number of aromatic nitrogens is 4. The van der Waals surface area contributed by atoms with Crippen molar-refractivity contribution in [2.75, 3.05) is 11.9 Å². The lowest BCUT2D eigenvalue weighted by atomic mass is 9.97. The molecule has 2 aromatic heterocycles. The SMILES string of the molecule is CN(c1ncc(-c2cc3ccncc3cc2O)nn1)[C@H]1C[C@@H]2CC[C@@H](N2)[C@@H]1F. The van der Waals surface area contributed by atoms with Gasteiger partial charge in [0, 0.05) is 42.5 Å². The molecule has 0 amide bonds. The van der Waals surface area contributed by atoms with Crippen LogP contribution in [0.3, 0.4) is 0 Å². The van der Waals surface area contributed by atoms with Gasteiger partial charge in [0.15, 0.2) is 0 Å². The number of nitrogens with zero attached hydrogens (tertiary/aromatic N) is 5. The fourth-order valence-corrected chi connectivity index (χ4v) is 4.38. The molecule has 0 radical (unpaired) electrons. The number of aromatic hydroxyl groups is 1. The van der Waals surface area contributed by atoms with Crippen LogP contribution in [-0.4, -0.2) is 56.6 Å². The van der Waals surface area contributed by atoms with Crippen molar-refractivity contribution < 1.29 is 9.50 Å². The van der Waals surface area contributed by atoms with Gasteiger partial charge in [-0.15, -0.1) is 10.2 Å². The van der Waals surface area contributed by atoms with E-state index in [0.29, 0.717) is 23.2 Å². The van der Waals surface area contributed by atoms with Crippen molar-refractivity contribution in [2.24, 2.45) is 0 Å². The molecule has 7 nitrogen and oxygen atoms in total. The Kier molecular flexibility index (Phi) is 4.08. The highest BCUT2D eigenvalue weighted by Crippen LogP contribution is 2.34. The van der Waals surface area contributed by atoms with Crippen molar-refractivity contribution in [1.29, 1.82) is 0 Å². The van der Waals surface area contributed by atoms with E-state index in [9.17, 15) is 9.50 Å². The quantitative estimate of drug-likeness (QED) is 0.722. The first-order valence-corrected chi connectivity index (χ1v) is 9.50. The summed E-state index contributed by atoms with van der Waals surface area (Å²) in [7, 11) is 1.82. The molecule has 4 heterocycles. The minimum Gasteiger partial charge on any atom is -0.507 e. The summed E-state index contributed by atoms with van der Waals surface area (Å²) >= 11 is 0. The minimum absolute atomic E-state index is 0.0810. The maximum Gasteiger partial charge on any atom is 0.245 e. The van der Waals surface area contributed by atoms with E-state index in [0.717, 1.165) is 30.0 Å². The highest BCUT2D eigenvalue weighted by Gasteiger charge is 2.44. The van der Waals surface area contributed by atoms with E-state index >= 15 is 0 Å².